The maximum absolute atomic E-state index is 13.0. The Labute approximate surface area is 140 Å². The molecule has 2 aromatic carbocycles. The van der Waals surface area contributed by atoms with Crippen LogP contribution in [0.5, 0.6) is 0 Å². The molecule has 0 saturated heterocycles. The Bertz CT molecular complexity index is 768. The first-order valence-corrected chi connectivity index (χ1v) is 8.04. The molecule has 2 atom stereocenters. The molecule has 0 fully saturated rings. The van der Waals surface area contributed by atoms with Gasteiger partial charge in [-0.2, -0.15) is 0 Å². The molecule has 1 heterocycles. The highest BCUT2D eigenvalue weighted by Crippen LogP contribution is 2.22. The number of aliphatic hydroxyl groups is 1. The largest absolute Gasteiger partial charge is 0.455 e. The Morgan fingerprint density at radius 1 is 1.00 bits per heavy atom. The second-order valence-electron chi connectivity index (χ2n) is 5.93. The number of rotatable bonds is 6. The maximum Gasteiger partial charge on any atom is 0.158 e. The van der Waals surface area contributed by atoms with Gasteiger partial charge in [-0.1, -0.05) is 30.3 Å². The summed E-state index contributed by atoms with van der Waals surface area (Å²) in [5.74, 6) is 1.28. The lowest BCUT2D eigenvalue weighted by Gasteiger charge is -2.17. The molecule has 0 saturated carbocycles. The van der Waals surface area contributed by atoms with Gasteiger partial charge in [-0.25, -0.2) is 4.39 Å². The van der Waals surface area contributed by atoms with E-state index in [0.29, 0.717) is 6.54 Å². The zero-order valence-corrected chi connectivity index (χ0v) is 13.5. The van der Waals surface area contributed by atoms with Crippen LogP contribution >= 0.6 is 0 Å². The molecular weight excluding hydrogens is 305 g/mol. The summed E-state index contributed by atoms with van der Waals surface area (Å²) in [6.07, 6.45) is -0.530. The number of hydrogen-bond donors (Lipinski definition) is 2. The highest BCUT2D eigenvalue weighted by Gasteiger charge is 2.19. The standard InChI is InChI=1S/C20H20FNO2/c1-14(20(23)16-5-3-2-4-6-16)22-13-18-11-12-19(24-18)15-7-9-17(21)10-8-15/h2-12,14,20,22-23H,13H2,1H3/p+1/t14-,20-/m1/s1. The maximum atomic E-state index is 13.0. The van der Waals surface area contributed by atoms with Crippen molar-refractivity contribution in [2.45, 2.75) is 25.6 Å². The normalized spacial score (nSPS) is 13.6. The minimum Gasteiger partial charge on any atom is -0.455 e. The average Bonchev–Trinajstić information content (AvgIpc) is 3.09. The lowest BCUT2D eigenvalue weighted by atomic mass is 10.0. The monoisotopic (exact) mass is 326 g/mol. The predicted octanol–water partition coefficient (Wildman–Crippen LogP) is 3.27. The van der Waals surface area contributed by atoms with E-state index in [1.165, 1.54) is 12.1 Å². The Morgan fingerprint density at radius 2 is 1.71 bits per heavy atom. The molecule has 124 valence electrons. The minimum atomic E-state index is -0.530. The van der Waals surface area contributed by atoms with Gasteiger partial charge in [-0.05, 0) is 48.9 Å². The van der Waals surface area contributed by atoms with Crippen LogP contribution in [0.3, 0.4) is 0 Å². The topological polar surface area (TPSA) is 50.0 Å². The van der Waals surface area contributed by atoms with Crippen molar-refractivity contribution in [3.05, 3.63) is 83.9 Å². The van der Waals surface area contributed by atoms with Crippen LogP contribution in [-0.2, 0) is 6.54 Å². The third kappa shape index (κ3) is 3.91. The fourth-order valence-corrected chi connectivity index (χ4v) is 2.64. The fourth-order valence-electron chi connectivity index (χ4n) is 2.64. The summed E-state index contributed by atoms with van der Waals surface area (Å²) in [5.41, 5.74) is 1.76. The number of hydrogen-bond acceptors (Lipinski definition) is 2. The van der Waals surface area contributed by atoms with E-state index >= 15 is 0 Å². The van der Waals surface area contributed by atoms with E-state index in [9.17, 15) is 9.50 Å². The third-order valence-electron chi connectivity index (χ3n) is 4.12. The molecule has 0 unspecified atom stereocenters. The summed E-state index contributed by atoms with van der Waals surface area (Å²) in [6.45, 7) is 2.62. The third-order valence-corrected chi connectivity index (χ3v) is 4.12. The molecule has 3 nitrogen and oxygen atoms in total. The molecular formula is C20H21FNO2+. The molecule has 0 aliphatic carbocycles. The first kappa shape index (κ1) is 16.4. The number of furan rings is 1. The van der Waals surface area contributed by atoms with Crippen LogP contribution in [-0.4, -0.2) is 11.1 Å². The van der Waals surface area contributed by atoms with Crippen LogP contribution in [0.4, 0.5) is 4.39 Å². The predicted molar refractivity (Wildman–Crippen MR) is 90.6 cm³/mol. The van der Waals surface area contributed by atoms with Crippen molar-refractivity contribution in [3.63, 3.8) is 0 Å². The average molecular weight is 326 g/mol. The summed E-state index contributed by atoms with van der Waals surface area (Å²) in [5, 5.41) is 12.4. The van der Waals surface area contributed by atoms with Gasteiger partial charge in [-0.3, -0.25) is 0 Å². The van der Waals surface area contributed by atoms with Crippen molar-refractivity contribution in [3.8, 4) is 11.3 Å². The molecule has 0 spiro atoms. The molecule has 3 rings (SSSR count). The molecule has 0 amide bonds. The van der Waals surface area contributed by atoms with E-state index in [2.05, 4.69) is 0 Å². The lowest BCUT2D eigenvalue weighted by molar-refractivity contribution is -0.710. The van der Waals surface area contributed by atoms with Gasteiger partial charge < -0.3 is 14.8 Å². The van der Waals surface area contributed by atoms with Gasteiger partial charge >= 0.3 is 0 Å². The zero-order valence-electron chi connectivity index (χ0n) is 13.5. The van der Waals surface area contributed by atoms with Gasteiger partial charge in [-0.15, -0.1) is 0 Å². The van der Waals surface area contributed by atoms with E-state index in [0.717, 1.165) is 22.6 Å². The van der Waals surface area contributed by atoms with Crippen molar-refractivity contribution >= 4 is 0 Å². The van der Waals surface area contributed by atoms with Crippen molar-refractivity contribution in [1.82, 2.24) is 0 Å². The van der Waals surface area contributed by atoms with Crippen LogP contribution in [0.25, 0.3) is 11.3 Å². The zero-order chi connectivity index (χ0) is 16.9. The first-order valence-electron chi connectivity index (χ1n) is 8.04. The van der Waals surface area contributed by atoms with Crippen LogP contribution in [0.1, 0.15) is 24.4 Å². The second-order valence-corrected chi connectivity index (χ2v) is 5.93. The van der Waals surface area contributed by atoms with Gasteiger partial charge in [0.15, 0.2) is 5.76 Å². The molecule has 0 aliphatic heterocycles. The van der Waals surface area contributed by atoms with Crippen LogP contribution in [0, 0.1) is 5.82 Å². The summed E-state index contributed by atoms with van der Waals surface area (Å²) in [4.78, 5) is 0. The molecule has 1 aromatic heterocycles. The van der Waals surface area contributed by atoms with Crippen molar-refractivity contribution in [2.24, 2.45) is 0 Å². The van der Waals surface area contributed by atoms with Crippen LogP contribution in [0.15, 0.2) is 71.1 Å². The summed E-state index contributed by atoms with van der Waals surface area (Å²) < 4.78 is 18.8. The van der Waals surface area contributed by atoms with E-state index in [4.69, 9.17) is 4.42 Å². The molecule has 24 heavy (non-hydrogen) atoms. The number of halogens is 1. The lowest BCUT2D eigenvalue weighted by Crippen LogP contribution is -2.88. The minimum absolute atomic E-state index is 0.00627. The van der Waals surface area contributed by atoms with E-state index < -0.39 is 6.10 Å². The number of nitrogens with two attached hydrogens (primary N) is 1. The highest BCUT2D eigenvalue weighted by atomic mass is 19.1. The van der Waals surface area contributed by atoms with Crippen molar-refractivity contribution < 1.29 is 19.2 Å². The fraction of sp³-hybridized carbons (Fsp3) is 0.200. The smallest absolute Gasteiger partial charge is 0.158 e. The van der Waals surface area contributed by atoms with Crippen molar-refractivity contribution in [2.75, 3.05) is 0 Å². The molecule has 0 radical (unpaired) electrons. The van der Waals surface area contributed by atoms with Gasteiger partial charge in [0.05, 0.1) is 0 Å². The Balaban J connectivity index is 1.60. The number of aliphatic hydroxyl groups excluding tert-OH is 1. The van der Waals surface area contributed by atoms with Gasteiger partial charge in [0.25, 0.3) is 0 Å². The SMILES string of the molecule is C[C@@H]([NH2+]Cc1ccc(-c2ccc(F)cc2)o1)[C@@H](O)c1ccccc1. The second kappa shape index (κ2) is 7.43. The quantitative estimate of drug-likeness (QED) is 0.730. The van der Waals surface area contributed by atoms with E-state index in [1.54, 1.807) is 12.1 Å². The number of benzene rings is 2. The Kier molecular flexibility index (Phi) is 5.08. The first-order chi connectivity index (χ1) is 11.6. The highest BCUT2D eigenvalue weighted by molar-refractivity contribution is 5.57. The molecule has 4 heteroatoms. The van der Waals surface area contributed by atoms with Gasteiger partial charge in [0, 0.05) is 5.56 Å². The molecule has 3 aromatic rings. The Hall–Kier alpha value is -2.43. The van der Waals surface area contributed by atoms with Crippen molar-refractivity contribution in [1.29, 1.82) is 0 Å². The molecule has 0 bridgehead atoms. The van der Waals surface area contributed by atoms with Crippen LogP contribution in [0.2, 0.25) is 0 Å². The van der Waals surface area contributed by atoms with E-state index in [-0.39, 0.29) is 11.9 Å². The van der Waals surface area contributed by atoms with E-state index in [1.807, 2.05) is 54.7 Å². The molecule has 3 N–H and O–H groups in total. The summed E-state index contributed by atoms with van der Waals surface area (Å²) in [7, 11) is 0. The summed E-state index contributed by atoms with van der Waals surface area (Å²) in [6, 6.07) is 19.7. The van der Waals surface area contributed by atoms with Crippen LogP contribution < -0.4 is 5.32 Å². The van der Waals surface area contributed by atoms with Gasteiger partial charge in [0.1, 0.15) is 30.3 Å². The molecule has 0 aliphatic rings. The Morgan fingerprint density at radius 3 is 2.42 bits per heavy atom. The van der Waals surface area contributed by atoms with Gasteiger partial charge in [0.2, 0.25) is 0 Å². The summed E-state index contributed by atoms with van der Waals surface area (Å²) >= 11 is 0. The number of quaternary nitrogens is 1.